The molecule has 2 saturated heterocycles. The molecule has 3 N–H and O–H groups in total. The average molecular weight is 437 g/mol. The molecule has 2 aromatic carbocycles. The number of carbonyl (C=O) groups is 1. The number of nitrogens with one attached hydrogen (secondary N) is 3. The van der Waals surface area contributed by atoms with Crippen molar-refractivity contribution < 1.29 is 4.79 Å². The van der Waals surface area contributed by atoms with E-state index in [-0.39, 0.29) is 5.91 Å². The Hall–Kier alpha value is -1.95. The summed E-state index contributed by atoms with van der Waals surface area (Å²) in [6, 6.07) is 14.6. The summed E-state index contributed by atoms with van der Waals surface area (Å²) in [7, 11) is 0. The molecule has 0 aliphatic carbocycles. The van der Waals surface area contributed by atoms with Gasteiger partial charge in [-0.15, -0.1) is 0 Å². The van der Waals surface area contributed by atoms with Crippen LogP contribution in [0.3, 0.4) is 0 Å². The average Bonchev–Trinajstić information content (AvgIpc) is 2.85. The van der Waals surface area contributed by atoms with Crippen LogP contribution in [0.5, 0.6) is 0 Å². The van der Waals surface area contributed by atoms with Gasteiger partial charge in [0.15, 0.2) is 0 Å². The number of nitrogens with zero attached hydrogens (tertiary/aromatic N) is 1. The van der Waals surface area contributed by atoms with Crippen LogP contribution in [0.25, 0.3) is 10.8 Å². The van der Waals surface area contributed by atoms with Gasteiger partial charge in [-0.3, -0.25) is 4.79 Å². The largest absolute Gasteiger partial charge is 0.342 e. The minimum atomic E-state index is 0.271. The van der Waals surface area contributed by atoms with Crippen molar-refractivity contribution in [1.82, 2.24) is 20.9 Å². The fraction of sp³-hybridized carbons (Fsp3) is 0.593. The van der Waals surface area contributed by atoms with E-state index in [0.717, 1.165) is 57.0 Å². The lowest BCUT2D eigenvalue weighted by Gasteiger charge is -2.32. The third kappa shape index (κ3) is 6.77. The highest BCUT2D eigenvalue weighted by Crippen LogP contribution is 2.21. The van der Waals surface area contributed by atoms with E-state index in [1.165, 1.54) is 49.7 Å². The molecule has 0 saturated carbocycles. The zero-order valence-electron chi connectivity index (χ0n) is 19.5. The number of carbonyl (C=O) groups excluding carboxylic acids is 1. The fourth-order valence-electron chi connectivity index (χ4n) is 5.14. The monoisotopic (exact) mass is 436 g/mol. The summed E-state index contributed by atoms with van der Waals surface area (Å²) in [6.45, 7) is 8.61. The van der Waals surface area contributed by atoms with Crippen molar-refractivity contribution in [1.29, 1.82) is 0 Å². The summed E-state index contributed by atoms with van der Waals surface area (Å²) in [5, 5.41) is 13.1. The van der Waals surface area contributed by atoms with E-state index in [4.69, 9.17) is 0 Å². The molecule has 0 bridgehead atoms. The Labute approximate surface area is 193 Å². The summed E-state index contributed by atoms with van der Waals surface area (Å²) in [4.78, 5) is 15.0. The van der Waals surface area contributed by atoms with Crippen molar-refractivity contribution in [3.8, 4) is 0 Å². The highest BCUT2D eigenvalue weighted by Gasteiger charge is 2.23. The van der Waals surface area contributed by atoms with Crippen LogP contribution in [0, 0.1) is 11.8 Å². The third-order valence-electron chi connectivity index (χ3n) is 7.22. The van der Waals surface area contributed by atoms with Gasteiger partial charge in [0.05, 0.1) is 6.42 Å². The number of fused-ring (bicyclic) bond motifs is 1. The van der Waals surface area contributed by atoms with Crippen molar-refractivity contribution in [3.05, 3.63) is 48.0 Å². The quantitative estimate of drug-likeness (QED) is 0.501. The number of hydrogen-bond acceptors (Lipinski definition) is 4. The summed E-state index contributed by atoms with van der Waals surface area (Å²) in [6.07, 6.45) is 6.55. The maximum Gasteiger partial charge on any atom is 0.227 e. The van der Waals surface area contributed by atoms with Crippen molar-refractivity contribution in [2.75, 3.05) is 52.4 Å². The molecule has 0 unspecified atom stereocenters. The highest BCUT2D eigenvalue weighted by atomic mass is 16.2. The van der Waals surface area contributed by atoms with Crippen molar-refractivity contribution in [2.45, 2.75) is 38.5 Å². The van der Waals surface area contributed by atoms with Gasteiger partial charge in [-0.25, -0.2) is 0 Å². The molecule has 0 spiro atoms. The van der Waals surface area contributed by atoms with Gasteiger partial charge >= 0.3 is 0 Å². The van der Waals surface area contributed by atoms with E-state index in [2.05, 4.69) is 63.3 Å². The standard InChI is InChI=1S/C27H40N4O/c32-27(19-25-7-3-6-24-5-1-2-8-26(24)25)31-17-11-23(12-18-31)21-30-14-4-13-29-20-22-9-15-28-16-10-22/h1-3,5-8,22-23,28-30H,4,9-21H2. The maximum atomic E-state index is 12.9. The number of likely N-dealkylation sites (tertiary alicyclic amines) is 1. The molecule has 2 aliphatic rings. The van der Waals surface area contributed by atoms with Crippen molar-refractivity contribution >= 4 is 16.7 Å². The van der Waals surface area contributed by atoms with Crippen molar-refractivity contribution in [2.24, 2.45) is 11.8 Å². The molecule has 0 aromatic heterocycles. The van der Waals surface area contributed by atoms with Gasteiger partial charge in [-0.2, -0.15) is 0 Å². The van der Waals surface area contributed by atoms with Crippen LogP contribution < -0.4 is 16.0 Å². The first-order valence-corrected chi connectivity index (χ1v) is 12.7. The first kappa shape index (κ1) is 23.2. The molecule has 2 fully saturated rings. The topological polar surface area (TPSA) is 56.4 Å². The summed E-state index contributed by atoms with van der Waals surface area (Å²) in [5.41, 5.74) is 1.14. The van der Waals surface area contributed by atoms with Crippen LogP contribution >= 0.6 is 0 Å². The lowest BCUT2D eigenvalue weighted by molar-refractivity contribution is -0.131. The Morgan fingerprint density at radius 1 is 0.875 bits per heavy atom. The third-order valence-corrected chi connectivity index (χ3v) is 7.22. The summed E-state index contributed by atoms with van der Waals surface area (Å²) >= 11 is 0. The second-order valence-corrected chi connectivity index (χ2v) is 9.59. The van der Waals surface area contributed by atoms with E-state index in [1.807, 2.05) is 0 Å². The molecular formula is C27H40N4O. The summed E-state index contributed by atoms with van der Waals surface area (Å²) in [5.74, 6) is 1.82. The predicted octanol–water partition coefficient (Wildman–Crippen LogP) is 3.19. The van der Waals surface area contributed by atoms with Crippen LogP contribution in [0.4, 0.5) is 0 Å². The molecule has 5 nitrogen and oxygen atoms in total. The van der Waals surface area contributed by atoms with E-state index in [9.17, 15) is 4.79 Å². The highest BCUT2D eigenvalue weighted by molar-refractivity contribution is 5.90. The lowest BCUT2D eigenvalue weighted by Crippen LogP contribution is -2.41. The molecule has 0 atom stereocenters. The molecule has 174 valence electrons. The molecule has 2 heterocycles. The van der Waals surface area contributed by atoms with Gasteiger partial charge in [-0.1, -0.05) is 42.5 Å². The maximum absolute atomic E-state index is 12.9. The number of benzene rings is 2. The van der Waals surface area contributed by atoms with Crippen LogP contribution in [0.15, 0.2) is 42.5 Å². The Bertz CT molecular complexity index is 835. The minimum Gasteiger partial charge on any atom is -0.342 e. The van der Waals surface area contributed by atoms with Crippen LogP contribution in [0.2, 0.25) is 0 Å². The predicted molar refractivity (Wildman–Crippen MR) is 133 cm³/mol. The Balaban J connectivity index is 1.08. The second kappa shape index (κ2) is 12.3. The van der Waals surface area contributed by atoms with E-state index in [0.29, 0.717) is 12.3 Å². The van der Waals surface area contributed by atoms with Gasteiger partial charge in [0.25, 0.3) is 0 Å². The molecule has 2 aromatic rings. The number of amides is 1. The fourth-order valence-corrected chi connectivity index (χ4v) is 5.14. The van der Waals surface area contributed by atoms with Gasteiger partial charge in [0, 0.05) is 13.1 Å². The molecule has 0 radical (unpaired) electrons. The smallest absolute Gasteiger partial charge is 0.227 e. The van der Waals surface area contributed by atoms with E-state index >= 15 is 0 Å². The van der Waals surface area contributed by atoms with Crippen LogP contribution in [-0.2, 0) is 11.2 Å². The molecule has 4 rings (SSSR count). The summed E-state index contributed by atoms with van der Waals surface area (Å²) < 4.78 is 0. The molecular weight excluding hydrogens is 396 g/mol. The van der Waals surface area contributed by atoms with Gasteiger partial charge in [0.1, 0.15) is 0 Å². The Morgan fingerprint density at radius 3 is 2.28 bits per heavy atom. The van der Waals surface area contributed by atoms with Crippen molar-refractivity contribution in [3.63, 3.8) is 0 Å². The SMILES string of the molecule is O=C(Cc1cccc2ccccc12)N1CCC(CNCCCNCC2CCNCC2)CC1. The van der Waals surface area contributed by atoms with Crippen LogP contribution in [-0.4, -0.2) is 63.2 Å². The lowest BCUT2D eigenvalue weighted by atomic mass is 9.95. The molecule has 1 amide bonds. The molecule has 32 heavy (non-hydrogen) atoms. The first-order valence-electron chi connectivity index (χ1n) is 12.7. The number of hydrogen-bond donors (Lipinski definition) is 3. The second-order valence-electron chi connectivity index (χ2n) is 9.59. The zero-order valence-corrected chi connectivity index (χ0v) is 19.5. The first-order chi connectivity index (χ1) is 15.8. The molecule has 5 heteroatoms. The Kier molecular flexibility index (Phi) is 8.95. The molecule has 2 aliphatic heterocycles. The van der Waals surface area contributed by atoms with E-state index in [1.54, 1.807) is 0 Å². The number of rotatable bonds is 10. The Morgan fingerprint density at radius 2 is 1.53 bits per heavy atom. The zero-order chi connectivity index (χ0) is 22.0. The van der Waals surface area contributed by atoms with Crippen LogP contribution in [0.1, 0.15) is 37.7 Å². The normalized spacial score (nSPS) is 18.3. The van der Waals surface area contributed by atoms with Gasteiger partial charge in [0.2, 0.25) is 5.91 Å². The van der Waals surface area contributed by atoms with Gasteiger partial charge in [-0.05, 0) is 99.5 Å². The number of piperidine rings is 2. The van der Waals surface area contributed by atoms with E-state index < -0.39 is 0 Å². The van der Waals surface area contributed by atoms with Gasteiger partial charge < -0.3 is 20.9 Å². The minimum absolute atomic E-state index is 0.271.